The maximum Gasteiger partial charge on any atom is 0.210 e. The van der Waals surface area contributed by atoms with Gasteiger partial charge in [0.05, 0.1) is 23.2 Å². The fraction of sp³-hybridized carbons (Fsp3) is 0.222. The molecule has 0 bridgehead atoms. The third-order valence-electron chi connectivity index (χ3n) is 6.36. The van der Waals surface area contributed by atoms with Crippen LogP contribution in [-0.2, 0) is 16.4 Å². The zero-order valence-electron chi connectivity index (χ0n) is 19.4. The van der Waals surface area contributed by atoms with Crippen LogP contribution in [0.25, 0.3) is 10.9 Å². The minimum Gasteiger partial charge on any atom is -0.497 e. The second kappa shape index (κ2) is 9.85. The summed E-state index contributed by atoms with van der Waals surface area (Å²) < 4.78 is 33.0. The fourth-order valence-corrected chi connectivity index (χ4v) is 6.06. The summed E-state index contributed by atoms with van der Waals surface area (Å²) in [6.07, 6.45) is 1.48. The summed E-state index contributed by atoms with van der Waals surface area (Å²) in [4.78, 5) is 9.43. The lowest BCUT2D eigenvalue weighted by Crippen LogP contribution is -2.46. The van der Waals surface area contributed by atoms with Gasteiger partial charge in [-0.3, -0.25) is 9.88 Å². The Morgan fingerprint density at radius 3 is 2.34 bits per heavy atom. The first kappa shape index (κ1) is 23.6. The maximum absolute atomic E-state index is 13.8. The number of sulfone groups is 1. The van der Waals surface area contributed by atoms with E-state index in [9.17, 15) is 8.42 Å². The molecular weight excluding hydrogens is 482 g/mol. The largest absolute Gasteiger partial charge is 0.497 e. The molecule has 2 heterocycles. The number of piperazine rings is 1. The molecule has 6 nitrogen and oxygen atoms in total. The van der Waals surface area contributed by atoms with Crippen LogP contribution in [0.3, 0.4) is 0 Å². The molecule has 0 N–H and O–H groups in total. The van der Waals surface area contributed by atoms with E-state index >= 15 is 0 Å². The highest BCUT2D eigenvalue weighted by Gasteiger charge is 2.29. The van der Waals surface area contributed by atoms with E-state index in [1.807, 2.05) is 24.3 Å². The number of pyridine rings is 1. The van der Waals surface area contributed by atoms with Crippen molar-refractivity contribution in [3.63, 3.8) is 0 Å². The van der Waals surface area contributed by atoms with Gasteiger partial charge in [0.1, 0.15) is 10.6 Å². The van der Waals surface area contributed by atoms with Gasteiger partial charge in [-0.1, -0.05) is 41.9 Å². The Bertz CT molecular complexity index is 1440. The van der Waals surface area contributed by atoms with Crippen molar-refractivity contribution < 1.29 is 13.2 Å². The number of benzene rings is 3. The number of hydrogen-bond acceptors (Lipinski definition) is 6. The predicted octanol–water partition coefficient (Wildman–Crippen LogP) is 5.05. The third kappa shape index (κ3) is 4.85. The highest BCUT2D eigenvalue weighted by Crippen LogP contribution is 2.38. The van der Waals surface area contributed by atoms with E-state index in [0.717, 1.165) is 30.5 Å². The molecule has 1 fully saturated rings. The van der Waals surface area contributed by atoms with E-state index in [1.165, 1.54) is 23.9 Å². The van der Waals surface area contributed by atoms with Gasteiger partial charge in [-0.05, 0) is 48.0 Å². The van der Waals surface area contributed by atoms with Crippen LogP contribution in [0.1, 0.15) is 5.56 Å². The quantitative estimate of drug-likeness (QED) is 0.364. The Hall–Kier alpha value is -3.13. The number of hydrogen-bond donors (Lipinski definition) is 0. The van der Waals surface area contributed by atoms with Crippen molar-refractivity contribution in [3.8, 4) is 5.75 Å². The first-order chi connectivity index (χ1) is 17.0. The lowest BCUT2D eigenvalue weighted by atomic mass is 10.1. The molecule has 5 rings (SSSR count). The number of aromatic nitrogens is 1. The van der Waals surface area contributed by atoms with E-state index in [2.05, 4.69) is 39.0 Å². The van der Waals surface area contributed by atoms with Gasteiger partial charge in [-0.2, -0.15) is 0 Å². The van der Waals surface area contributed by atoms with Crippen LogP contribution in [0.15, 0.2) is 88.8 Å². The summed E-state index contributed by atoms with van der Waals surface area (Å²) in [6.45, 7) is 3.92. The molecule has 8 heteroatoms. The Morgan fingerprint density at radius 1 is 0.943 bits per heavy atom. The highest BCUT2D eigenvalue weighted by molar-refractivity contribution is 7.91. The predicted molar refractivity (Wildman–Crippen MR) is 139 cm³/mol. The Kier molecular flexibility index (Phi) is 6.65. The van der Waals surface area contributed by atoms with Crippen LogP contribution in [0, 0.1) is 0 Å². The third-order valence-corrected chi connectivity index (χ3v) is 8.39. The smallest absolute Gasteiger partial charge is 0.210 e. The zero-order valence-corrected chi connectivity index (χ0v) is 21.0. The molecule has 180 valence electrons. The maximum atomic E-state index is 13.8. The van der Waals surface area contributed by atoms with Crippen molar-refractivity contribution in [1.29, 1.82) is 0 Å². The minimum absolute atomic E-state index is 0.190. The van der Waals surface area contributed by atoms with Crippen molar-refractivity contribution in [1.82, 2.24) is 9.88 Å². The van der Waals surface area contributed by atoms with Gasteiger partial charge in [-0.25, -0.2) is 8.42 Å². The molecule has 0 spiro atoms. The molecular formula is C27H26ClN3O3S. The Balaban J connectivity index is 1.54. The van der Waals surface area contributed by atoms with Crippen molar-refractivity contribution in [2.75, 3.05) is 38.2 Å². The monoisotopic (exact) mass is 507 g/mol. The van der Waals surface area contributed by atoms with Gasteiger partial charge >= 0.3 is 0 Å². The van der Waals surface area contributed by atoms with E-state index in [-0.39, 0.29) is 9.79 Å². The summed E-state index contributed by atoms with van der Waals surface area (Å²) in [6, 6.07) is 22.2. The molecule has 1 saturated heterocycles. The van der Waals surface area contributed by atoms with Gasteiger partial charge in [0.2, 0.25) is 9.84 Å². The number of anilines is 1. The van der Waals surface area contributed by atoms with Crippen LogP contribution < -0.4 is 9.64 Å². The van der Waals surface area contributed by atoms with Gasteiger partial charge in [0.15, 0.2) is 0 Å². The second-order valence-electron chi connectivity index (χ2n) is 8.56. The number of fused-ring (bicyclic) bond motifs is 1. The van der Waals surface area contributed by atoms with Crippen LogP contribution >= 0.6 is 11.6 Å². The molecule has 1 aliphatic heterocycles. The molecule has 0 aliphatic carbocycles. The topological polar surface area (TPSA) is 62.7 Å². The molecule has 0 saturated carbocycles. The average Bonchev–Trinajstić information content (AvgIpc) is 2.89. The number of rotatable bonds is 6. The number of nitrogens with zero attached hydrogens (tertiary/aromatic N) is 3. The normalized spacial score (nSPS) is 14.9. The van der Waals surface area contributed by atoms with Gasteiger partial charge < -0.3 is 9.64 Å². The highest BCUT2D eigenvalue weighted by atomic mass is 35.5. The molecule has 0 unspecified atom stereocenters. The van der Waals surface area contributed by atoms with Crippen molar-refractivity contribution in [2.24, 2.45) is 0 Å². The van der Waals surface area contributed by atoms with Crippen LogP contribution in [-0.4, -0.2) is 51.6 Å². The Morgan fingerprint density at radius 2 is 1.66 bits per heavy atom. The SMILES string of the molecule is COc1ccc2ncc(S(=O)(=O)c3ccc(Cl)cc3)c(N3CCN(Cc4ccccc4)CC3)c2c1. The number of halogens is 1. The lowest BCUT2D eigenvalue weighted by Gasteiger charge is -2.37. The first-order valence-electron chi connectivity index (χ1n) is 11.4. The molecule has 0 amide bonds. The summed E-state index contributed by atoms with van der Waals surface area (Å²) in [5, 5.41) is 1.25. The molecule has 0 radical (unpaired) electrons. The minimum atomic E-state index is -3.83. The van der Waals surface area contributed by atoms with Gasteiger partial charge in [0, 0.05) is 49.3 Å². The number of ether oxygens (including phenoxy) is 1. The molecule has 4 aromatic rings. The Labute approximate surface area is 210 Å². The lowest BCUT2D eigenvalue weighted by molar-refractivity contribution is 0.249. The number of methoxy groups -OCH3 is 1. The molecule has 1 aromatic heterocycles. The van der Waals surface area contributed by atoms with E-state index in [4.69, 9.17) is 16.3 Å². The summed E-state index contributed by atoms with van der Waals surface area (Å²) in [5.74, 6) is 0.657. The van der Waals surface area contributed by atoms with Crippen LogP contribution in [0.5, 0.6) is 5.75 Å². The average molecular weight is 508 g/mol. The van der Waals surface area contributed by atoms with E-state index in [0.29, 0.717) is 29.5 Å². The molecule has 0 atom stereocenters. The zero-order chi connectivity index (χ0) is 24.4. The first-order valence-corrected chi connectivity index (χ1v) is 13.3. The second-order valence-corrected chi connectivity index (χ2v) is 10.9. The van der Waals surface area contributed by atoms with Crippen molar-refractivity contribution in [2.45, 2.75) is 16.3 Å². The van der Waals surface area contributed by atoms with Crippen LogP contribution in [0.2, 0.25) is 5.02 Å². The van der Waals surface area contributed by atoms with Crippen molar-refractivity contribution >= 4 is 38.0 Å². The molecule has 1 aliphatic rings. The summed E-state index contributed by atoms with van der Waals surface area (Å²) in [5.41, 5.74) is 2.66. The van der Waals surface area contributed by atoms with Crippen molar-refractivity contribution in [3.05, 3.63) is 89.6 Å². The van der Waals surface area contributed by atoms with E-state index < -0.39 is 9.84 Å². The molecule has 3 aromatic carbocycles. The summed E-state index contributed by atoms with van der Waals surface area (Å²) in [7, 11) is -2.22. The van der Waals surface area contributed by atoms with E-state index in [1.54, 1.807) is 19.2 Å². The summed E-state index contributed by atoms with van der Waals surface area (Å²) >= 11 is 6.01. The van der Waals surface area contributed by atoms with Crippen LogP contribution in [0.4, 0.5) is 5.69 Å². The molecule has 35 heavy (non-hydrogen) atoms. The standard InChI is InChI=1S/C27H26ClN3O3S/c1-34-22-9-12-25-24(17-22)27(26(18-29-25)35(32,33)23-10-7-21(28)8-11-23)31-15-13-30(14-16-31)19-20-5-3-2-4-6-20/h2-12,17-18H,13-16,19H2,1H3. The fourth-order valence-electron chi connectivity index (χ4n) is 4.50. The van der Waals surface area contributed by atoms with Gasteiger partial charge in [0.25, 0.3) is 0 Å². The van der Waals surface area contributed by atoms with Gasteiger partial charge in [-0.15, -0.1) is 0 Å².